The predicted octanol–water partition coefficient (Wildman–Crippen LogP) is 1.88. The maximum Gasteiger partial charge on any atom is 0.292 e. The highest BCUT2D eigenvalue weighted by molar-refractivity contribution is 5.94. The van der Waals surface area contributed by atoms with Gasteiger partial charge in [-0.2, -0.15) is 0 Å². The summed E-state index contributed by atoms with van der Waals surface area (Å²) in [4.78, 5) is 21.6. The number of carbonyl (C=O) groups excluding carboxylic acids is 1. The molecule has 0 heterocycles. The van der Waals surface area contributed by atoms with Crippen LogP contribution in [0.15, 0.2) is 18.2 Å². The molecule has 0 saturated heterocycles. The fourth-order valence-corrected chi connectivity index (χ4v) is 1.29. The molecule has 0 unspecified atom stereocenters. The van der Waals surface area contributed by atoms with E-state index in [4.69, 9.17) is 4.74 Å². The highest BCUT2D eigenvalue weighted by Gasteiger charge is 2.15. The monoisotopic (exact) mass is 238 g/mol. The van der Waals surface area contributed by atoms with Gasteiger partial charge < -0.3 is 10.1 Å². The maximum absolute atomic E-state index is 11.4. The molecule has 1 rings (SSSR count). The number of benzene rings is 1. The molecule has 0 bridgehead atoms. The zero-order valence-electron chi connectivity index (χ0n) is 9.73. The van der Waals surface area contributed by atoms with Gasteiger partial charge in [0.05, 0.1) is 4.92 Å². The first-order chi connectivity index (χ1) is 8.04. The summed E-state index contributed by atoms with van der Waals surface area (Å²) < 4.78 is 4.92. The molecule has 6 nitrogen and oxygen atoms in total. The van der Waals surface area contributed by atoms with E-state index in [2.05, 4.69) is 5.32 Å². The highest BCUT2D eigenvalue weighted by Crippen LogP contribution is 2.24. The lowest BCUT2D eigenvalue weighted by atomic mass is 10.2. The largest absolute Gasteiger partial charge is 0.372 e. The number of ether oxygens (including phenoxy) is 1. The van der Waals surface area contributed by atoms with Crippen molar-refractivity contribution < 1.29 is 14.5 Å². The lowest BCUT2D eigenvalue weighted by molar-refractivity contribution is -0.383. The second kappa shape index (κ2) is 5.95. The molecule has 0 aliphatic heterocycles. The normalized spacial score (nSPS) is 10.0. The number of nitro benzene ring substituents is 1. The van der Waals surface area contributed by atoms with Gasteiger partial charge in [0.2, 0.25) is 0 Å². The van der Waals surface area contributed by atoms with E-state index < -0.39 is 10.8 Å². The fraction of sp³-hybridized carbons (Fsp3) is 0.364. The number of hydrogen-bond acceptors (Lipinski definition) is 4. The molecule has 0 aliphatic carbocycles. The number of carbonyl (C=O) groups is 1. The lowest BCUT2D eigenvalue weighted by Crippen LogP contribution is -2.19. The first kappa shape index (κ1) is 13.1. The summed E-state index contributed by atoms with van der Waals surface area (Å²) in [6.45, 7) is 3.87. The van der Waals surface area contributed by atoms with Gasteiger partial charge in [0.25, 0.3) is 11.6 Å². The molecule has 1 amide bonds. The van der Waals surface area contributed by atoms with Crippen LogP contribution in [0.2, 0.25) is 0 Å². The van der Waals surface area contributed by atoms with Gasteiger partial charge in [0.1, 0.15) is 12.3 Å². The summed E-state index contributed by atoms with van der Waals surface area (Å²) >= 11 is 0. The molecular weight excluding hydrogens is 224 g/mol. The quantitative estimate of drug-likeness (QED) is 0.627. The second-order valence-electron chi connectivity index (χ2n) is 3.46. The zero-order valence-corrected chi connectivity index (χ0v) is 9.73. The molecular formula is C11H14N2O4. The third-order valence-electron chi connectivity index (χ3n) is 2.06. The summed E-state index contributed by atoms with van der Waals surface area (Å²) in [5, 5.41) is 13.2. The summed E-state index contributed by atoms with van der Waals surface area (Å²) in [7, 11) is 0. The minimum absolute atomic E-state index is 0.110. The number of nitrogens with zero attached hydrogens (tertiary/aromatic N) is 1. The van der Waals surface area contributed by atoms with E-state index in [0.29, 0.717) is 6.61 Å². The second-order valence-corrected chi connectivity index (χ2v) is 3.46. The molecule has 1 aromatic carbocycles. The molecule has 0 aromatic heterocycles. The van der Waals surface area contributed by atoms with Crippen LogP contribution in [0.1, 0.15) is 12.5 Å². The maximum atomic E-state index is 11.4. The van der Waals surface area contributed by atoms with Crippen LogP contribution in [-0.4, -0.2) is 24.0 Å². The smallest absolute Gasteiger partial charge is 0.292 e. The van der Waals surface area contributed by atoms with Crippen molar-refractivity contribution in [3.05, 3.63) is 33.9 Å². The standard InChI is InChI=1S/C11H14N2O4/c1-3-17-7-11(14)12-9-6-8(2)4-5-10(9)13(15)16/h4-6H,3,7H2,1-2H3,(H,12,14). The average molecular weight is 238 g/mol. The van der Waals surface area contributed by atoms with Gasteiger partial charge in [0, 0.05) is 12.7 Å². The van der Waals surface area contributed by atoms with E-state index in [0.717, 1.165) is 5.56 Å². The molecule has 0 spiro atoms. The van der Waals surface area contributed by atoms with Crippen LogP contribution in [0, 0.1) is 17.0 Å². The van der Waals surface area contributed by atoms with Crippen LogP contribution in [0.4, 0.5) is 11.4 Å². The molecule has 0 radical (unpaired) electrons. The summed E-state index contributed by atoms with van der Waals surface area (Å²) in [5.74, 6) is -0.402. The van der Waals surface area contributed by atoms with Gasteiger partial charge in [-0.25, -0.2) is 0 Å². The van der Waals surface area contributed by atoms with Gasteiger partial charge in [0.15, 0.2) is 0 Å². The third kappa shape index (κ3) is 3.84. The number of aryl methyl sites for hydroxylation is 1. The summed E-state index contributed by atoms with van der Waals surface area (Å²) in [6, 6.07) is 4.55. The Hall–Kier alpha value is -1.95. The molecule has 0 atom stereocenters. The zero-order chi connectivity index (χ0) is 12.8. The van der Waals surface area contributed by atoms with E-state index in [9.17, 15) is 14.9 Å². The Morgan fingerprint density at radius 1 is 1.53 bits per heavy atom. The van der Waals surface area contributed by atoms with Gasteiger partial charge >= 0.3 is 0 Å². The first-order valence-corrected chi connectivity index (χ1v) is 5.17. The van der Waals surface area contributed by atoms with Crippen LogP contribution < -0.4 is 5.32 Å². The topological polar surface area (TPSA) is 81.5 Å². The van der Waals surface area contributed by atoms with Gasteiger partial charge in [-0.05, 0) is 25.5 Å². The van der Waals surface area contributed by atoms with E-state index in [-0.39, 0.29) is 18.0 Å². The number of anilines is 1. The number of amides is 1. The molecule has 6 heteroatoms. The predicted molar refractivity (Wildman–Crippen MR) is 63.0 cm³/mol. The molecule has 0 fully saturated rings. The van der Waals surface area contributed by atoms with Crippen LogP contribution in [0.5, 0.6) is 0 Å². The molecule has 17 heavy (non-hydrogen) atoms. The molecule has 0 aliphatic rings. The first-order valence-electron chi connectivity index (χ1n) is 5.17. The average Bonchev–Trinajstić information content (AvgIpc) is 2.26. The van der Waals surface area contributed by atoms with Crippen molar-refractivity contribution in [3.8, 4) is 0 Å². The van der Waals surface area contributed by atoms with E-state index >= 15 is 0 Å². The van der Waals surface area contributed by atoms with Crippen molar-refractivity contribution in [1.29, 1.82) is 0 Å². The Balaban J connectivity index is 2.85. The van der Waals surface area contributed by atoms with E-state index in [1.807, 2.05) is 0 Å². The van der Waals surface area contributed by atoms with Crippen molar-refractivity contribution in [2.75, 3.05) is 18.5 Å². The van der Waals surface area contributed by atoms with E-state index in [1.54, 1.807) is 26.0 Å². The number of hydrogen-bond donors (Lipinski definition) is 1. The van der Waals surface area contributed by atoms with Gasteiger partial charge in [-0.1, -0.05) is 6.07 Å². The van der Waals surface area contributed by atoms with Crippen molar-refractivity contribution in [2.45, 2.75) is 13.8 Å². The number of nitro groups is 1. The molecule has 0 saturated carbocycles. The molecule has 1 aromatic rings. The Morgan fingerprint density at radius 2 is 2.24 bits per heavy atom. The minimum Gasteiger partial charge on any atom is -0.372 e. The van der Waals surface area contributed by atoms with Gasteiger partial charge in [-0.15, -0.1) is 0 Å². The minimum atomic E-state index is -0.532. The SMILES string of the molecule is CCOCC(=O)Nc1cc(C)ccc1[N+](=O)[O-]. The Labute approximate surface area is 98.7 Å². The Morgan fingerprint density at radius 3 is 2.82 bits per heavy atom. The van der Waals surface area contributed by atoms with Crippen LogP contribution in [-0.2, 0) is 9.53 Å². The summed E-state index contributed by atoms with van der Waals surface area (Å²) in [5.41, 5.74) is 0.905. The Kier molecular flexibility index (Phi) is 4.59. The van der Waals surface area contributed by atoms with E-state index in [1.165, 1.54) is 6.07 Å². The van der Waals surface area contributed by atoms with Crippen molar-refractivity contribution in [3.63, 3.8) is 0 Å². The molecule has 1 N–H and O–H groups in total. The molecule has 92 valence electrons. The van der Waals surface area contributed by atoms with Gasteiger partial charge in [-0.3, -0.25) is 14.9 Å². The fourth-order valence-electron chi connectivity index (χ4n) is 1.29. The lowest BCUT2D eigenvalue weighted by Gasteiger charge is -2.06. The van der Waals surface area contributed by atoms with Crippen molar-refractivity contribution in [1.82, 2.24) is 0 Å². The van der Waals surface area contributed by atoms with Crippen molar-refractivity contribution >= 4 is 17.3 Å². The Bertz CT molecular complexity index is 431. The number of rotatable bonds is 5. The van der Waals surface area contributed by atoms with Crippen LogP contribution in [0.25, 0.3) is 0 Å². The van der Waals surface area contributed by atoms with Crippen LogP contribution >= 0.6 is 0 Å². The summed E-state index contributed by atoms with van der Waals surface area (Å²) in [6.07, 6.45) is 0. The number of nitrogens with one attached hydrogen (secondary N) is 1. The van der Waals surface area contributed by atoms with Crippen LogP contribution in [0.3, 0.4) is 0 Å². The highest BCUT2D eigenvalue weighted by atomic mass is 16.6. The third-order valence-corrected chi connectivity index (χ3v) is 2.06. The van der Waals surface area contributed by atoms with Crippen molar-refractivity contribution in [2.24, 2.45) is 0 Å².